The minimum absolute atomic E-state index is 0.131. The minimum atomic E-state index is -0.157. The number of carbonyl (C=O) groups is 1. The van der Waals surface area contributed by atoms with E-state index >= 15 is 0 Å². The highest BCUT2D eigenvalue weighted by molar-refractivity contribution is 5.82. The van der Waals surface area contributed by atoms with Crippen molar-refractivity contribution in [3.63, 3.8) is 0 Å². The molecule has 5 nitrogen and oxygen atoms in total. The summed E-state index contributed by atoms with van der Waals surface area (Å²) in [7, 11) is 3.30. The number of hydrogen-bond donors (Lipinski definition) is 0. The van der Waals surface area contributed by atoms with E-state index in [4.69, 9.17) is 14.8 Å². The Kier molecular flexibility index (Phi) is 6.12. The second-order valence-electron chi connectivity index (χ2n) is 6.49. The highest BCUT2D eigenvalue weighted by atomic mass is 16.5. The summed E-state index contributed by atoms with van der Waals surface area (Å²) in [6, 6.07) is 17.5. The molecule has 138 valence electrons. The summed E-state index contributed by atoms with van der Waals surface area (Å²) in [6.07, 6.45) is 0.805. The van der Waals surface area contributed by atoms with E-state index in [-0.39, 0.29) is 17.9 Å². The topological polar surface area (TPSA) is 52.9 Å². The third-order valence-electron chi connectivity index (χ3n) is 4.74. The van der Waals surface area contributed by atoms with Crippen LogP contribution in [0.25, 0.3) is 5.32 Å². The van der Waals surface area contributed by atoms with Crippen molar-refractivity contribution in [1.29, 1.82) is 0 Å². The number of methoxy groups -OCH3 is 2. The number of likely N-dealkylation sites (tertiary alicyclic amines) is 1. The van der Waals surface area contributed by atoms with E-state index in [2.05, 4.69) is 0 Å². The number of rotatable bonds is 8. The Bertz CT molecular complexity index is 703. The molecule has 1 fully saturated rings. The average Bonchev–Trinajstić information content (AvgIpc) is 3.03. The molecule has 1 aliphatic heterocycles. The smallest absolute Gasteiger partial charge is 0.224 e. The SMILES string of the molecule is COCC([N-]c1ccccc1)[C@H]1CCN(Cc2ccc(OC)cc2)C1=O. The molecular formula is C21H25N2O3-. The van der Waals surface area contributed by atoms with Crippen LogP contribution in [0.5, 0.6) is 5.75 Å². The van der Waals surface area contributed by atoms with E-state index < -0.39 is 0 Å². The molecule has 2 aromatic rings. The molecule has 0 N–H and O–H groups in total. The zero-order chi connectivity index (χ0) is 18.4. The maximum Gasteiger partial charge on any atom is 0.224 e. The molecule has 2 atom stereocenters. The van der Waals surface area contributed by atoms with Gasteiger partial charge in [0.1, 0.15) is 5.75 Å². The fourth-order valence-corrected chi connectivity index (χ4v) is 3.35. The van der Waals surface area contributed by atoms with Crippen LogP contribution < -0.4 is 4.74 Å². The molecule has 0 radical (unpaired) electrons. The van der Waals surface area contributed by atoms with Crippen molar-refractivity contribution in [1.82, 2.24) is 4.90 Å². The fourth-order valence-electron chi connectivity index (χ4n) is 3.35. The van der Waals surface area contributed by atoms with Crippen molar-refractivity contribution in [3.8, 4) is 5.75 Å². The number of nitrogens with zero attached hydrogens (tertiary/aromatic N) is 2. The normalized spacial score (nSPS) is 18.0. The summed E-state index contributed by atoms with van der Waals surface area (Å²) in [6.45, 7) is 1.81. The fraction of sp³-hybridized carbons (Fsp3) is 0.381. The molecule has 1 amide bonds. The highest BCUT2D eigenvalue weighted by Crippen LogP contribution is 2.32. The molecule has 3 rings (SSSR count). The first kappa shape index (κ1) is 18.3. The number of ether oxygens (including phenoxy) is 2. The number of benzene rings is 2. The lowest BCUT2D eigenvalue weighted by Crippen LogP contribution is -2.33. The van der Waals surface area contributed by atoms with Crippen LogP contribution in [0.2, 0.25) is 0 Å². The molecule has 1 heterocycles. The van der Waals surface area contributed by atoms with Crippen LogP contribution in [0, 0.1) is 5.92 Å². The molecule has 2 aromatic carbocycles. The van der Waals surface area contributed by atoms with Crippen molar-refractivity contribution in [2.24, 2.45) is 5.92 Å². The third kappa shape index (κ3) is 4.35. The van der Waals surface area contributed by atoms with Gasteiger partial charge in [-0.2, -0.15) is 0 Å². The molecule has 0 aromatic heterocycles. The Hall–Kier alpha value is -2.53. The van der Waals surface area contributed by atoms with Crippen molar-refractivity contribution in [2.75, 3.05) is 27.4 Å². The number of carbonyl (C=O) groups excluding carboxylic acids is 1. The second kappa shape index (κ2) is 8.72. The molecule has 0 bridgehead atoms. The number of para-hydroxylation sites is 1. The lowest BCUT2D eigenvalue weighted by Gasteiger charge is -2.36. The van der Waals surface area contributed by atoms with Crippen molar-refractivity contribution >= 4 is 11.6 Å². The molecular weight excluding hydrogens is 328 g/mol. The molecule has 26 heavy (non-hydrogen) atoms. The Balaban J connectivity index is 1.65. The first-order chi connectivity index (χ1) is 12.7. The third-order valence-corrected chi connectivity index (χ3v) is 4.74. The maximum absolute atomic E-state index is 12.9. The Morgan fingerprint density at radius 2 is 1.85 bits per heavy atom. The lowest BCUT2D eigenvalue weighted by molar-refractivity contribution is -0.132. The monoisotopic (exact) mass is 353 g/mol. The van der Waals surface area contributed by atoms with E-state index in [0.29, 0.717) is 13.2 Å². The standard InChI is InChI=1S/C21H25N2O3/c1-25-15-20(22-17-6-4-3-5-7-17)19-12-13-23(21(19)24)14-16-8-10-18(26-2)11-9-16/h3-11,19-20H,12-15H2,1-2H3/q-1/t19-,20?/m1/s1. The van der Waals surface area contributed by atoms with Gasteiger partial charge >= 0.3 is 0 Å². The van der Waals surface area contributed by atoms with Crippen LogP contribution in [-0.2, 0) is 16.1 Å². The van der Waals surface area contributed by atoms with E-state index in [1.165, 1.54) is 0 Å². The van der Waals surface area contributed by atoms with Crippen molar-refractivity contribution < 1.29 is 14.3 Å². The summed E-state index contributed by atoms with van der Waals surface area (Å²) in [5.74, 6) is 0.845. The van der Waals surface area contributed by atoms with Gasteiger partial charge in [0.15, 0.2) is 0 Å². The lowest BCUT2D eigenvalue weighted by atomic mass is 9.98. The quantitative estimate of drug-likeness (QED) is 0.726. The van der Waals surface area contributed by atoms with Gasteiger partial charge in [0.2, 0.25) is 5.91 Å². The second-order valence-corrected chi connectivity index (χ2v) is 6.49. The van der Waals surface area contributed by atoms with E-state index in [1.54, 1.807) is 14.2 Å². The molecule has 0 spiro atoms. The summed E-state index contributed by atoms with van der Waals surface area (Å²) >= 11 is 0. The van der Waals surface area contributed by atoms with E-state index in [0.717, 1.165) is 30.0 Å². The summed E-state index contributed by atoms with van der Waals surface area (Å²) < 4.78 is 10.5. The molecule has 0 aliphatic carbocycles. The summed E-state index contributed by atoms with van der Waals surface area (Å²) in [5.41, 5.74) is 1.99. The summed E-state index contributed by atoms with van der Waals surface area (Å²) in [5, 5.41) is 4.76. The highest BCUT2D eigenvalue weighted by Gasteiger charge is 2.33. The number of amides is 1. The van der Waals surface area contributed by atoms with Gasteiger partial charge in [-0.3, -0.25) is 4.79 Å². The van der Waals surface area contributed by atoms with Crippen LogP contribution in [0.3, 0.4) is 0 Å². The van der Waals surface area contributed by atoms with Gasteiger partial charge in [-0.15, -0.1) is 5.69 Å². The minimum Gasteiger partial charge on any atom is -0.679 e. The van der Waals surface area contributed by atoms with Crippen LogP contribution in [0.15, 0.2) is 54.6 Å². The van der Waals surface area contributed by atoms with Crippen LogP contribution >= 0.6 is 0 Å². The van der Waals surface area contributed by atoms with Gasteiger partial charge in [-0.1, -0.05) is 48.5 Å². The van der Waals surface area contributed by atoms with Crippen LogP contribution in [-0.4, -0.2) is 44.2 Å². The molecule has 1 aliphatic rings. The van der Waals surface area contributed by atoms with Gasteiger partial charge in [0.25, 0.3) is 0 Å². The summed E-state index contributed by atoms with van der Waals surface area (Å²) in [4.78, 5) is 14.8. The largest absolute Gasteiger partial charge is 0.679 e. The maximum atomic E-state index is 12.9. The van der Waals surface area contributed by atoms with E-state index in [9.17, 15) is 4.79 Å². The van der Waals surface area contributed by atoms with Crippen LogP contribution in [0.1, 0.15) is 12.0 Å². The van der Waals surface area contributed by atoms with Gasteiger partial charge < -0.3 is 19.7 Å². The van der Waals surface area contributed by atoms with Gasteiger partial charge in [-0.25, -0.2) is 0 Å². The first-order valence-electron chi connectivity index (χ1n) is 8.88. The molecule has 0 saturated carbocycles. The molecule has 1 unspecified atom stereocenters. The van der Waals surface area contributed by atoms with Gasteiger partial charge in [-0.05, 0) is 24.1 Å². The molecule has 5 heteroatoms. The molecule has 1 saturated heterocycles. The van der Waals surface area contributed by atoms with Crippen molar-refractivity contribution in [3.05, 3.63) is 65.5 Å². The zero-order valence-corrected chi connectivity index (χ0v) is 15.3. The zero-order valence-electron chi connectivity index (χ0n) is 15.3. The van der Waals surface area contributed by atoms with Crippen molar-refractivity contribution in [2.45, 2.75) is 19.0 Å². The Morgan fingerprint density at radius 3 is 2.50 bits per heavy atom. The Labute approximate surface area is 154 Å². The van der Waals surface area contributed by atoms with Gasteiger partial charge in [0, 0.05) is 32.7 Å². The predicted octanol–water partition coefficient (Wildman–Crippen LogP) is 3.76. The van der Waals surface area contributed by atoms with Crippen LogP contribution in [0.4, 0.5) is 5.69 Å². The van der Waals surface area contributed by atoms with E-state index in [1.807, 2.05) is 59.5 Å². The Morgan fingerprint density at radius 1 is 1.12 bits per heavy atom. The average molecular weight is 353 g/mol. The first-order valence-corrected chi connectivity index (χ1v) is 8.88. The number of hydrogen-bond acceptors (Lipinski definition) is 3. The predicted molar refractivity (Wildman–Crippen MR) is 102 cm³/mol. The van der Waals surface area contributed by atoms with Gasteiger partial charge in [0.05, 0.1) is 7.11 Å².